The first-order valence-electron chi connectivity index (χ1n) is 6.21. The van der Waals surface area contributed by atoms with E-state index in [0.29, 0.717) is 0 Å². The lowest BCUT2D eigenvalue weighted by Crippen LogP contribution is -2.12. The molecule has 1 aliphatic rings. The molecule has 0 aliphatic heterocycles. The van der Waals surface area contributed by atoms with Gasteiger partial charge in [0.15, 0.2) is 0 Å². The summed E-state index contributed by atoms with van der Waals surface area (Å²) in [7, 11) is 0. The van der Waals surface area contributed by atoms with Gasteiger partial charge in [-0.1, -0.05) is 38.1 Å². The molecule has 0 N–H and O–H groups in total. The quantitative estimate of drug-likeness (QED) is 0.716. The highest BCUT2D eigenvalue weighted by Crippen LogP contribution is 2.21. The van der Waals surface area contributed by atoms with Crippen LogP contribution in [0, 0.1) is 0 Å². The SMILES string of the molecule is C/C=C1/C=Cc2cccnc2C1=NCC.CC. The van der Waals surface area contributed by atoms with E-state index in [9.17, 15) is 0 Å². The van der Waals surface area contributed by atoms with Gasteiger partial charge in [0.2, 0.25) is 0 Å². The van der Waals surface area contributed by atoms with Gasteiger partial charge in [-0.3, -0.25) is 9.98 Å². The summed E-state index contributed by atoms with van der Waals surface area (Å²) in [4.78, 5) is 8.91. The molecule has 0 bridgehead atoms. The molecule has 0 radical (unpaired) electrons. The zero-order chi connectivity index (χ0) is 12.7. The normalized spacial score (nSPS) is 17.6. The second-order valence-corrected chi connectivity index (χ2v) is 3.34. The van der Waals surface area contributed by atoms with Crippen molar-refractivity contribution in [2.24, 2.45) is 4.99 Å². The summed E-state index contributed by atoms with van der Waals surface area (Å²) in [5.74, 6) is 0. The number of allylic oxidation sites excluding steroid dienone is 3. The second kappa shape index (κ2) is 6.79. The Hall–Kier alpha value is -1.70. The van der Waals surface area contributed by atoms with Crippen molar-refractivity contribution in [3.8, 4) is 0 Å². The number of fused-ring (bicyclic) bond motifs is 1. The molecule has 1 aromatic heterocycles. The van der Waals surface area contributed by atoms with Gasteiger partial charge in [-0.15, -0.1) is 0 Å². The Morgan fingerprint density at radius 2 is 2.06 bits per heavy atom. The maximum Gasteiger partial charge on any atom is 0.0959 e. The van der Waals surface area contributed by atoms with Crippen molar-refractivity contribution in [2.45, 2.75) is 27.7 Å². The molecule has 2 rings (SSSR count). The Labute approximate surface area is 104 Å². The largest absolute Gasteiger partial charge is 0.283 e. The summed E-state index contributed by atoms with van der Waals surface area (Å²) < 4.78 is 0. The van der Waals surface area contributed by atoms with Gasteiger partial charge in [-0.05, 0) is 25.5 Å². The van der Waals surface area contributed by atoms with Gasteiger partial charge in [0.25, 0.3) is 0 Å². The summed E-state index contributed by atoms with van der Waals surface area (Å²) in [6, 6.07) is 4.02. The van der Waals surface area contributed by atoms with Gasteiger partial charge in [-0.2, -0.15) is 0 Å². The van der Waals surface area contributed by atoms with E-state index in [1.807, 2.05) is 40.0 Å². The molecule has 0 unspecified atom stereocenters. The Bertz CT molecular complexity index is 454. The van der Waals surface area contributed by atoms with E-state index in [4.69, 9.17) is 0 Å². The minimum Gasteiger partial charge on any atom is -0.283 e. The zero-order valence-corrected chi connectivity index (χ0v) is 11.1. The molecule has 2 nitrogen and oxygen atoms in total. The van der Waals surface area contributed by atoms with E-state index >= 15 is 0 Å². The van der Waals surface area contributed by atoms with Crippen LogP contribution in [0.4, 0.5) is 0 Å². The predicted octanol–water partition coefficient (Wildman–Crippen LogP) is 3.89. The highest BCUT2D eigenvalue weighted by Gasteiger charge is 2.15. The van der Waals surface area contributed by atoms with Gasteiger partial charge >= 0.3 is 0 Å². The maximum atomic E-state index is 4.51. The van der Waals surface area contributed by atoms with Crippen LogP contribution in [-0.4, -0.2) is 17.2 Å². The van der Waals surface area contributed by atoms with Crippen LogP contribution in [0.3, 0.4) is 0 Å². The lowest BCUT2D eigenvalue weighted by Gasteiger charge is -2.14. The van der Waals surface area contributed by atoms with E-state index in [0.717, 1.165) is 29.1 Å². The fourth-order valence-electron chi connectivity index (χ4n) is 1.70. The number of rotatable bonds is 1. The Morgan fingerprint density at radius 3 is 2.71 bits per heavy atom. The van der Waals surface area contributed by atoms with Crippen LogP contribution >= 0.6 is 0 Å². The number of aromatic nitrogens is 1. The van der Waals surface area contributed by atoms with Crippen LogP contribution in [0.1, 0.15) is 39.0 Å². The monoisotopic (exact) mass is 228 g/mol. The molecule has 0 spiro atoms. The first-order chi connectivity index (χ1) is 8.36. The number of aliphatic imine (C=N–C) groups is 1. The van der Waals surface area contributed by atoms with E-state index in [-0.39, 0.29) is 0 Å². The number of hydrogen-bond acceptors (Lipinski definition) is 2. The third-order valence-electron chi connectivity index (χ3n) is 2.41. The van der Waals surface area contributed by atoms with Crippen molar-refractivity contribution in [3.63, 3.8) is 0 Å². The van der Waals surface area contributed by atoms with E-state index in [2.05, 4.69) is 34.3 Å². The summed E-state index contributed by atoms with van der Waals surface area (Å²) in [5.41, 5.74) is 4.31. The molecule has 0 atom stereocenters. The molecule has 0 amide bonds. The maximum absolute atomic E-state index is 4.51. The van der Waals surface area contributed by atoms with Gasteiger partial charge in [-0.25, -0.2) is 0 Å². The summed E-state index contributed by atoms with van der Waals surface area (Å²) in [6.07, 6.45) is 8.07. The average Bonchev–Trinajstić information content (AvgIpc) is 2.42. The molecule has 1 heterocycles. The lowest BCUT2D eigenvalue weighted by molar-refractivity contribution is 1.12. The first-order valence-corrected chi connectivity index (χ1v) is 6.21. The highest BCUT2D eigenvalue weighted by atomic mass is 14.8. The fourth-order valence-corrected chi connectivity index (χ4v) is 1.70. The van der Waals surface area contributed by atoms with Crippen LogP contribution in [-0.2, 0) is 0 Å². The van der Waals surface area contributed by atoms with Crippen molar-refractivity contribution < 1.29 is 0 Å². The number of pyridine rings is 1. The molecule has 1 aliphatic carbocycles. The molecule has 1 aromatic rings. The number of hydrogen-bond donors (Lipinski definition) is 0. The molecule has 90 valence electrons. The average molecular weight is 228 g/mol. The topological polar surface area (TPSA) is 25.2 Å². The van der Waals surface area contributed by atoms with Crippen LogP contribution in [0.5, 0.6) is 0 Å². The van der Waals surface area contributed by atoms with Crippen LogP contribution in [0.2, 0.25) is 0 Å². The third kappa shape index (κ3) is 2.90. The van der Waals surface area contributed by atoms with Crippen LogP contribution in [0.15, 0.2) is 41.0 Å². The Morgan fingerprint density at radius 1 is 1.29 bits per heavy atom. The minimum absolute atomic E-state index is 0.788. The molecule has 0 aromatic carbocycles. The van der Waals surface area contributed by atoms with Crippen molar-refractivity contribution in [2.75, 3.05) is 6.54 Å². The minimum atomic E-state index is 0.788. The van der Waals surface area contributed by atoms with E-state index in [1.54, 1.807) is 0 Å². The van der Waals surface area contributed by atoms with Crippen molar-refractivity contribution in [1.82, 2.24) is 4.98 Å². The lowest BCUT2D eigenvalue weighted by atomic mass is 9.96. The summed E-state index contributed by atoms with van der Waals surface area (Å²) >= 11 is 0. The van der Waals surface area contributed by atoms with Crippen molar-refractivity contribution >= 4 is 11.8 Å². The van der Waals surface area contributed by atoms with Crippen LogP contribution in [0.25, 0.3) is 6.08 Å². The van der Waals surface area contributed by atoms with Crippen molar-refractivity contribution in [3.05, 3.63) is 47.3 Å². The Kier molecular flexibility index (Phi) is 5.34. The number of nitrogens with zero attached hydrogens (tertiary/aromatic N) is 2. The smallest absolute Gasteiger partial charge is 0.0959 e. The van der Waals surface area contributed by atoms with E-state index < -0.39 is 0 Å². The molecule has 2 heteroatoms. The predicted molar refractivity (Wildman–Crippen MR) is 75.5 cm³/mol. The molecule has 0 saturated carbocycles. The molecule has 0 fully saturated rings. The molecule has 17 heavy (non-hydrogen) atoms. The fraction of sp³-hybridized carbons (Fsp3) is 0.333. The van der Waals surface area contributed by atoms with Gasteiger partial charge < -0.3 is 0 Å². The molecule has 0 saturated heterocycles. The molecular formula is C15H20N2. The standard InChI is InChI=1S/C13H14N2.C2H6/c1-3-10-7-8-11-6-5-9-15-13(11)12(10)14-4-2;1-2/h3,5-9H,4H2,1-2H3;1-2H3/b10-3-,14-12?;. The zero-order valence-electron chi connectivity index (χ0n) is 11.1. The Balaban J connectivity index is 0.000000686. The summed E-state index contributed by atoms with van der Waals surface area (Å²) in [6.45, 7) is 8.86. The first kappa shape index (κ1) is 13.4. The van der Waals surface area contributed by atoms with Crippen molar-refractivity contribution in [1.29, 1.82) is 0 Å². The van der Waals surface area contributed by atoms with Gasteiger partial charge in [0.1, 0.15) is 0 Å². The van der Waals surface area contributed by atoms with E-state index in [1.165, 1.54) is 0 Å². The van der Waals surface area contributed by atoms with Gasteiger partial charge in [0.05, 0.1) is 11.4 Å². The van der Waals surface area contributed by atoms with Gasteiger partial charge in [0, 0.05) is 18.3 Å². The summed E-state index contributed by atoms with van der Waals surface area (Å²) in [5, 5.41) is 0. The second-order valence-electron chi connectivity index (χ2n) is 3.34. The highest BCUT2D eigenvalue weighted by molar-refractivity contribution is 6.17. The molecular weight excluding hydrogens is 208 g/mol. The van der Waals surface area contributed by atoms with Crippen LogP contribution < -0.4 is 0 Å². The third-order valence-corrected chi connectivity index (χ3v) is 2.41.